The van der Waals surface area contributed by atoms with E-state index in [0.29, 0.717) is 28.5 Å². The van der Waals surface area contributed by atoms with Crippen LogP contribution in [-0.2, 0) is 4.74 Å². The molecule has 1 heterocycles. The number of pyridine rings is 1. The first-order valence-electron chi connectivity index (χ1n) is 10.0. The molecule has 0 amide bonds. The van der Waals surface area contributed by atoms with Gasteiger partial charge in [0.1, 0.15) is 5.75 Å². The number of nitrogens with zero attached hydrogens (tertiary/aromatic N) is 1. The summed E-state index contributed by atoms with van der Waals surface area (Å²) < 4.78 is 21.9. The summed E-state index contributed by atoms with van der Waals surface area (Å²) in [4.78, 5) is 17.7. The molecule has 0 N–H and O–H groups in total. The molecule has 0 radical (unpaired) electrons. The van der Waals surface area contributed by atoms with E-state index in [1.165, 1.54) is 7.11 Å². The van der Waals surface area contributed by atoms with Crippen molar-refractivity contribution in [2.24, 2.45) is 0 Å². The molecule has 1 unspecified atom stereocenters. The van der Waals surface area contributed by atoms with Crippen molar-refractivity contribution in [1.29, 1.82) is 0 Å². The van der Waals surface area contributed by atoms with E-state index >= 15 is 0 Å². The maximum Gasteiger partial charge on any atom is 0.339 e. The van der Waals surface area contributed by atoms with Crippen molar-refractivity contribution < 1.29 is 23.7 Å². The van der Waals surface area contributed by atoms with Crippen LogP contribution in [0, 0.1) is 0 Å². The Labute approximate surface area is 186 Å². The normalized spacial score (nSPS) is 11.6. The van der Waals surface area contributed by atoms with Crippen molar-refractivity contribution in [2.45, 2.75) is 6.10 Å². The Hall–Kier alpha value is -4.06. The number of rotatable bonds is 7. The molecular formula is C26H23NO5. The number of hydrogen-bond acceptors (Lipinski definition) is 6. The number of hydrogen-bond donors (Lipinski definition) is 0. The van der Waals surface area contributed by atoms with Gasteiger partial charge in [0.15, 0.2) is 17.6 Å². The third-order valence-corrected chi connectivity index (χ3v) is 5.22. The van der Waals surface area contributed by atoms with Gasteiger partial charge in [0.25, 0.3) is 0 Å². The van der Waals surface area contributed by atoms with Crippen LogP contribution >= 0.6 is 0 Å². The summed E-state index contributed by atoms with van der Waals surface area (Å²) >= 11 is 0. The predicted molar refractivity (Wildman–Crippen MR) is 122 cm³/mol. The van der Waals surface area contributed by atoms with Crippen LogP contribution in [0.15, 0.2) is 79.0 Å². The van der Waals surface area contributed by atoms with E-state index in [0.717, 1.165) is 16.3 Å². The standard InChI is InChI=1S/C26H23NO5/c1-29-20-11-8-18(9-12-20)25(24-21-7-5-4-6-17(21)14-15-27-24)32-26(28)19-10-13-22(30-2)23(16-19)31-3/h4-16,25H,1-3H3. The van der Waals surface area contributed by atoms with Gasteiger partial charge >= 0.3 is 5.97 Å². The van der Waals surface area contributed by atoms with Crippen molar-refractivity contribution >= 4 is 16.7 Å². The quantitative estimate of drug-likeness (QED) is 0.376. The molecule has 0 saturated heterocycles. The number of benzene rings is 3. The lowest BCUT2D eigenvalue weighted by Crippen LogP contribution is -2.15. The molecule has 0 saturated carbocycles. The van der Waals surface area contributed by atoms with Crippen molar-refractivity contribution in [3.05, 3.63) is 95.8 Å². The molecule has 6 nitrogen and oxygen atoms in total. The van der Waals surface area contributed by atoms with E-state index in [4.69, 9.17) is 18.9 Å². The molecule has 0 spiro atoms. The molecule has 3 aromatic carbocycles. The molecule has 162 valence electrons. The second-order valence-electron chi connectivity index (χ2n) is 7.05. The zero-order chi connectivity index (χ0) is 22.5. The Bertz CT molecular complexity index is 1230. The van der Waals surface area contributed by atoms with E-state index in [1.807, 2.05) is 54.6 Å². The Morgan fingerprint density at radius 3 is 2.28 bits per heavy atom. The van der Waals surface area contributed by atoms with Gasteiger partial charge in [-0.1, -0.05) is 36.4 Å². The molecule has 4 rings (SSSR count). The molecule has 6 heteroatoms. The third-order valence-electron chi connectivity index (χ3n) is 5.22. The number of carbonyl (C=O) groups is 1. The molecule has 32 heavy (non-hydrogen) atoms. The van der Waals surface area contributed by atoms with Crippen LogP contribution in [0.25, 0.3) is 10.8 Å². The fourth-order valence-corrected chi connectivity index (χ4v) is 3.55. The molecule has 0 aliphatic carbocycles. The van der Waals surface area contributed by atoms with Gasteiger partial charge in [-0.3, -0.25) is 4.98 Å². The van der Waals surface area contributed by atoms with Crippen molar-refractivity contribution in [3.8, 4) is 17.2 Å². The zero-order valence-electron chi connectivity index (χ0n) is 18.1. The van der Waals surface area contributed by atoms with Crippen molar-refractivity contribution in [3.63, 3.8) is 0 Å². The van der Waals surface area contributed by atoms with E-state index in [1.54, 1.807) is 38.6 Å². The lowest BCUT2D eigenvalue weighted by molar-refractivity contribution is 0.0373. The van der Waals surface area contributed by atoms with Gasteiger partial charge in [0.05, 0.1) is 32.6 Å². The number of fused-ring (bicyclic) bond motifs is 1. The van der Waals surface area contributed by atoms with E-state index in [9.17, 15) is 4.79 Å². The third kappa shape index (κ3) is 4.21. The summed E-state index contributed by atoms with van der Waals surface area (Å²) in [5, 5.41) is 1.93. The summed E-state index contributed by atoms with van der Waals surface area (Å²) in [6.07, 6.45) is 1.01. The highest BCUT2D eigenvalue weighted by atomic mass is 16.5. The van der Waals surface area contributed by atoms with Gasteiger partial charge in [0.2, 0.25) is 0 Å². The fraction of sp³-hybridized carbons (Fsp3) is 0.154. The van der Waals surface area contributed by atoms with Crippen molar-refractivity contribution in [1.82, 2.24) is 4.98 Å². The van der Waals surface area contributed by atoms with Gasteiger partial charge < -0.3 is 18.9 Å². The second kappa shape index (κ2) is 9.39. The fourth-order valence-electron chi connectivity index (χ4n) is 3.55. The van der Waals surface area contributed by atoms with Crippen LogP contribution in [0.2, 0.25) is 0 Å². The molecule has 4 aromatic rings. The number of carbonyl (C=O) groups excluding carboxylic acids is 1. The maximum atomic E-state index is 13.2. The van der Waals surface area contributed by atoms with Crippen LogP contribution in [0.3, 0.4) is 0 Å². The maximum absolute atomic E-state index is 13.2. The number of aromatic nitrogens is 1. The van der Waals surface area contributed by atoms with E-state index < -0.39 is 12.1 Å². The van der Waals surface area contributed by atoms with Gasteiger partial charge in [-0.2, -0.15) is 0 Å². The number of methoxy groups -OCH3 is 3. The van der Waals surface area contributed by atoms with Gasteiger partial charge in [-0.15, -0.1) is 0 Å². The molecule has 0 aliphatic rings. The Morgan fingerprint density at radius 2 is 1.56 bits per heavy atom. The average molecular weight is 429 g/mol. The summed E-state index contributed by atoms with van der Waals surface area (Å²) in [5.41, 5.74) is 1.78. The summed E-state index contributed by atoms with van der Waals surface area (Å²) in [5.74, 6) is 1.20. The summed E-state index contributed by atoms with van der Waals surface area (Å²) in [6, 6.07) is 22.1. The lowest BCUT2D eigenvalue weighted by Gasteiger charge is -2.20. The van der Waals surface area contributed by atoms with Crippen molar-refractivity contribution in [2.75, 3.05) is 21.3 Å². The van der Waals surface area contributed by atoms with Crippen LogP contribution in [0.5, 0.6) is 17.2 Å². The lowest BCUT2D eigenvalue weighted by atomic mass is 10.0. The average Bonchev–Trinajstić information content (AvgIpc) is 2.86. The Balaban J connectivity index is 1.76. The minimum atomic E-state index is -0.715. The SMILES string of the molecule is COc1ccc(C(OC(=O)c2ccc(OC)c(OC)c2)c2nccc3ccccc23)cc1. The van der Waals surface area contributed by atoms with E-state index in [2.05, 4.69) is 4.98 Å². The Morgan fingerprint density at radius 1 is 0.812 bits per heavy atom. The predicted octanol–water partition coefficient (Wildman–Crippen LogP) is 5.21. The van der Waals surface area contributed by atoms with Gasteiger partial charge in [0, 0.05) is 11.6 Å². The molecule has 0 aliphatic heterocycles. The van der Waals surface area contributed by atoms with Crippen LogP contribution in [0.1, 0.15) is 27.7 Å². The topological polar surface area (TPSA) is 66.9 Å². The molecular weight excluding hydrogens is 406 g/mol. The zero-order valence-corrected chi connectivity index (χ0v) is 18.1. The molecule has 1 atom stereocenters. The largest absolute Gasteiger partial charge is 0.497 e. The van der Waals surface area contributed by atoms with E-state index in [-0.39, 0.29) is 0 Å². The first kappa shape index (κ1) is 21.2. The highest BCUT2D eigenvalue weighted by Gasteiger charge is 2.24. The Kier molecular flexibility index (Phi) is 6.22. The monoisotopic (exact) mass is 429 g/mol. The smallest absolute Gasteiger partial charge is 0.339 e. The van der Waals surface area contributed by atoms with Crippen LogP contribution in [-0.4, -0.2) is 32.3 Å². The van der Waals surface area contributed by atoms with Crippen LogP contribution in [0.4, 0.5) is 0 Å². The minimum Gasteiger partial charge on any atom is -0.497 e. The highest BCUT2D eigenvalue weighted by molar-refractivity contribution is 5.91. The molecule has 1 aromatic heterocycles. The second-order valence-corrected chi connectivity index (χ2v) is 7.05. The molecule has 0 fully saturated rings. The van der Waals surface area contributed by atoms with Gasteiger partial charge in [-0.25, -0.2) is 4.79 Å². The molecule has 0 bridgehead atoms. The number of esters is 1. The minimum absolute atomic E-state index is 0.349. The highest BCUT2D eigenvalue weighted by Crippen LogP contribution is 2.33. The summed E-state index contributed by atoms with van der Waals surface area (Å²) in [7, 11) is 4.67. The number of ether oxygens (including phenoxy) is 4. The van der Waals surface area contributed by atoms with Gasteiger partial charge in [-0.05, 0) is 47.3 Å². The first-order valence-corrected chi connectivity index (χ1v) is 10.0. The van der Waals surface area contributed by atoms with Crippen LogP contribution < -0.4 is 14.2 Å². The first-order chi connectivity index (χ1) is 15.6. The summed E-state index contributed by atoms with van der Waals surface area (Å²) in [6.45, 7) is 0.